The fraction of sp³-hybridized carbons (Fsp3) is 0.300. The van der Waals surface area contributed by atoms with E-state index in [1.165, 1.54) is 6.92 Å². The molecule has 27 heavy (non-hydrogen) atoms. The Hall–Kier alpha value is -1.59. The fourth-order valence-corrected chi connectivity index (χ4v) is 3.92. The lowest BCUT2D eigenvalue weighted by atomic mass is 10.2. The van der Waals surface area contributed by atoms with Crippen LogP contribution in [0.25, 0.3) is 0 Å². The first-order chi connectivity index (χ1) is 12.7. The van der Waals surface area contributed by atoms with E-state index in [0.717, 1.165) is 10.0 Å². The van der Waals surface area contributed by atoms with Crippen LogP contribution in [0.4, 0.5) is 0 Å². The van der Waals surface area contributed by atoms with Gasteiger partial charge in [0.05, 0.1) is 18.5 Å². The van der Waals surface area contributed by atoms with Crippen LogP contribution in [0.3, 0.4) is 0 Å². The molecular formula is C20H24BrO5P. The molecule has 5 nitrogen and oxygen atoms in total. The summed E-state index contributed by atoms with van der Waals surface area (Å²) < 4.78 is 23.8. The molecule has 0 atom stereocenters. The molecule has 0 amide bonds. The van der Waals surface area contributed by atoms with Crippen molar-refractivity contribution in [2.45, 2.75) is 27.7 Å². The molecule has 7 heteroatoms. The molecule has 0 aliphatic heterocycles. The first-order valence-electron chi connectivity index (χ1n) is 8.50. The second-order valence-corrected chi connectivity index (χ2v) is 8.44. The summed E-state index contributed by atoms with van der Waals surface area (Å²) in [6.45, 7) is 7.19. The SMILES string of the molecule is CC(=O)c1ccc(Br)cc1.CCOP(=O)(OCC)c1ccc(C(C)=O)cc1. The van der Waals surface area contributed by atoms with Crippen LogP contribution in [0.5, 0.6) is 0 Å². The summed E-state index contributed by atoms with van der Waals surface area (Å²) in [5, 5.41) is 0.478. The van der Waals surface area contributed by atoms with Crippen LogP contribution < -0.4 is 5.30 Å². The highest BCUT2D eigenvalue weighted by molar-refractivity contribution is 9.10. The zero-order valence-electron chi connectivity index (χ0n) is 15.9. The van der Waals surface area contributed by atoms with Crippen LogP contribution in [0.15, 0.2) is 53.0 Å². The highest BCUT2D eigenvalue weighted by atomic mass is 79.9. The maximum atomic E-state index is 12.4. The number of carbonyl (C=O) groups is 2. The Kier molecular flexibility index (Phi) is 9.81. The van der Waals surface area contributed by atoms with Gasteiger partial charge >= 0.3 is 7.60 Å². The Morgan fingerprint density at radius 1 is 0.815 bits per heavy atom. The van der Waals surface area contributed by atoms with E-state index in [2.05, 4.69) is 15.9 Å². The molecule has 0 saturated carbocycles. The van der Waals surface area contributed by atoms with Crippen molar-refractivity contribution < 1.29 is 23.2 Å². The van der Waals surface area contributed by atoms with Crippen molar-refractivity contribution in [1.82, 2.24) is 0 Å². The molecule has 0 fully saturated rings. The summed E-state index contributed by atoms with van der Waals surface area (Å²) in [7, 11) is -3.23. The molecule has 2 aromatic carbocycles. The third-order valence-electron chi connectivity index (χ3n) is 3.44. The first kappa shape index (κ1) is 23.4. The second kappa shape index (κ2) is 11.3. The van der Waals surface area contributed by atoms with Gasteiger partial charge in [0.15, 0.2) is 11.6 Å². The molecular weight excluding hydrogens is 431 g/mol. The third kappa shape index (κ3) is 7.51. The molecule has 0 spiro atoms. The van der Waals surface area contributed by atoms with E-state index in [9.17, 15) is 14.2 Å². The number of Topliss-reactive ketones (excluding diaryl/α,β-unsaturated/α-hetero) is 2. The van der Waals surface area contributed by atoms with Gasteiger partial charge in [-0.25, -0.2) is 0 Å². The molecule has 0 radical (unpaired) electrons. The Bertz CT molecular complexity index is 790. The lowest BCUT2D eigenvalue weighted by Crippen LogP contribution is -2.11. The Balaban J connectivity index is 0.000000309. The van der Waals surface area contributed by atoms with Gasteiger partial charge in [-0.15, -0.1) is 0 Å². The van der Waals surface area contributed by atoms with Crippen molar-refractivity contribution in [3.05, 3.63) is 64.1 Å². The molecule has 0 aliphatic rings. The largest absolute Gasteiger partial charge is 0.361 e. The first-order valence-corrected chi connectivity index (χ1v) is 10.8. The normalized spacial score (nSPS) is 10.7. The summed E-state index contributed by atoms with van der Waals surface area (Å²) in [6.07, 6.45) is 0. The van der Waals surface area contributed by atoms with Crippen LogP contribution in [0.1, 0.15) is 48.4 Å². The van der Waals surface area contributed by atoms with Gasteiger partial charge < -0.3 is 9.05 Å². The molecule has 0 bridgehead atoms. The average Bonchev–Trinajstić information content (AvgIpc) is 2.63. The minimum Gasteiger partial charge on any atom is -0.305 e. The van der Waals surface area contributed by atoms with Crippen molar-refractivity contribution in [3.63, 3.8) is 0 Å². The zero-order valence-corrected chi connectivity index (χ0v) is 18.4. The number of rotatable bonds is 7. The highest BCUT2D eigenvalue weighted by Crippen LogP contribution is 2.46. The van der Waals surface area contributed by atoms with Crippen molar-refractivity contribution in [2.24, 2.45) is 0 Å². The monoisotopic (exact) mass is 454 g/mol. The molecule has 0 aromatic heterocycles. The van der Waals surface area contributed by atoms with Crippen molar-refractivity contribution in [2.75, 3.05) is 13.2 Å². The standard InChI is InChI=1S/C12H17O4P.C8H7BrO/c1-4-15-17(14,16-5-2)12-8-6-11(7-9-12)10(3)13;1-6(10)7-2-4-8(9)5-3-7/h6-9H,4-5H2,1-3H3;2-5H,1H3. The molecule has 2 aromatic rings. The molecule has 0 heterocycles. The summed E-state index contributed by atoms with van der Waals surface area (Å²) in [5.41, 5.74) is 1.33. The van der Waals surface area contributed by atoms with Crippen LogP contribution >= 0.6 is 23.5 Å². The van der Waals surface area contributed by atoms with Gasteiger partial charge in [-0.2, -0.15) is 0 Å². The fourth-order valence-electron chi connectivity index (χ4n) is 2.09. The van der Waals surface area contributed by atoms with E-state index < -0.39 is 7.60 Å². The van der Waals surface area contributed by atoms with Gasteiger partial charge in [-0.3, -0.25) is 14.2 Å². The summed E-state index contributed by atoms with van der Waals surface area (Å²) in [4.78, 5) is 21.9. The number of hydrogen-bond acceptors (Lipinski definition) is 5. The molecule has 146 valence electrons. The minimum atomic E-state index is -3.23. The van der Waals surface area contributed by atoms with E-state index in [-0.39, 0.29) is 11.6 Å². The molecule has 0 aliphatic carbocycles. The van der Waals surface area contributed by atoms with E-state index in [4.69, 9.17) is 9.05 Å². The zero-order chi connectivity index (χ0) is 20.4. The predicted molar refractivity (Wildman–Crippen MR) is 111 cm³/mol. The number of carbonyl (C=O) groups excluding carboxylic acids is 2. The quantitative estimate of drug-likeness (QED) is 0.411. The highest BCUT2D eigenvalue weighted by Gasteiger charge is 2.26. The maximum Gasteiger partial charge on any atom is 0.361 e. The molecule has 2 rings (SSSR count). The molecule has 0 unspecified atom stereocenters. The topological polar surface area (TPSA) is 69.7 Å². The number of hydrogen-bond donors (Lipinski definition) is 0. The van der Waals surface area contributed by atoms with E-state index >= 15 is 0 Å². The van der Waals surface area contributed by atoms with Gasteiger partial charge in [0.2, 0.25) is 0 Å². The Morgan fingerprint density at radius 3 is 1.52 bits per heavy atom. The smallest absolute Gasteiger partial charge is 0.305 e. The number of benzene rings is 2. The maximum absolute atomic E-state index is 12.4. The predicted octanol–water partition coefficient (Wildman–Crippen LogP) is 5.43. The van der Waals surface area contributed by atoms with Gasteiger partial charge in [-0.1, -0.05) is 40.2 Å². The van der Waals surface area contributed by atoms with Crippen LogP contribution in [-0.4, -0.2) is 24.8 Å². The van der Waals surface area contributed by atoms with Gasteiger partial charge in [0, 0.05) is 15.6 Å². The van der Waals surface area contributed by atoms with Gasteiger partial charge in [-0.05, 0) is 52.0 Å². The lowest BCUT2D eigenvalue weighted by molar-refractivity contribution is 0.100. The Labute approximate surface area is 168 Å². The van der Waals surface area contributed by atoms with E-state index in [1.54, 1.807) is 57.2 Å². The number of halogens is 1. The average molecular weight is 455 g/mol. The van der Waals surface area contributed by atoms with Crippen LogP contribution in [0.2, 0.25) is 0 Å². The van der Waals surface area contributed by atoms with Crippen LogP contribution in [-0.2, 0) is 13.6 Å². The molecule has 0 saturated heterocycles. The van der Waals surface area contributed by atoms with Gasteiger partial charge in [0.1, 0.15) is 0 Å². The van der Waals surface area contributed by atoms with Crippen LogP contribution in [0, 0.1) is 0 Å². The second-order valence-electron chi connectivity index (χ2n) is 5.50. The summed E-state index contributed by atoms with van der Waals surface area (Å²) in [6, 6.07) is 13.8. The lowest BCUT2D eigenvalue weighted by Gasteiger charge is -2.17. The minimum absolute atomic E-state index is 0.0285. The van der Waals surface area contributed by atoms with E-state index in [0.29, 0.717) is 24.1 Å². The van der Waals surface area contributed by atoms with Crippen molar-refractivity contribution >= 4 is 40.4 Å². The summed E-state index contributed by atoms with van der Waals surface area (Å²) in [5.74, 6) is 0.0757. The van der Waals surface area contributed by atoms with E-state index in [1.807, 2.05) is 12.1 Å². The molecule has 0 N–H and O–H groups in total. The number of ketones is 2. The van der Waals surface area contributed by atoms with Crippen molar-refractivity contribution in [1.29, 1.82) is 0 Å². The summed E-state index contributed by atoms with van der Waals surface area (Å²) >= 11 is 3.28. The van der Waals surface area contributed by atoms with Gasteiger partial charge in [0.25, 0.3) is 0 Å². The third-order valence-corrected chi connectivity index (χ3v) is 6.09. The Morgan fingerprint density at radius 2 is 1.19 bits per heavy atom. The van der Waals surface area contributed by atoms with Crippen molar-refractivity contribution in [3.8, 4) is 0 Å².